The number of likely N-dealkylation sites (tertiary alicyclic amines) is 1. The number of piperidine rings is 1. The molecule has 7 N–H and O–H groups in total. The molecule has 14 nitrogen and oxygen atoms in total. The Kier molecular flexibility index (Phi) is 15.7. The maximum absolute atomic E-state index is 14.4. The normalized spacial score (nSPS) is 22.9. The Bertz CT molecular complexity index is 1460. The van der Waals surface area contributed by atoms with Gasteiger partial charge in [0.05, 0.1) is 30.3 Å². The Hall–Kier alpha value is -4.01. The Morgan fingerprint density at radius 2 is 1.63 bits per heavy atom. The van der Waals surface area contributed by atoms with E-state index < -0.39 is 24.3 Å². The molecule has 1 aromatic carbocycles. The van der Waals surface area contributed by atoms with Gasteiger partial charge in [0.1, 0.15) is 12.1 Å². The van der Waals surface area contributed by atoms with E-state index in [-0.39, 0.29) is 60.9 Å². The molecule has 2 aromatic rings. The fourth-order valence-corrected chi connectivity index (χ4v) is 7.84. The summed E-state index contributed by atoms with van der Waals surface area (Å²) >= 11 is 0. The second kappa shape index (κ2) is 20.6. The van der Waals surface area contributed by atoms with Crippen molar-refractivity contribution in [3.8, 4) is 0 Å². The van der Waals surface area contributed by atoms with Gasteiger partial charge in [-0.1, -0.05) is 76.3 Å². The lowest BCUT2D eigenvalue weighted by atomic mass is 9.82. The van der Waals surface area contributed by atoms with Crippen LogP contribution in [0.4, 0.5) is 4.79 Å². The number of rotatable bonds is 16. The fraction of sp³-hybridized carbons (Fsp3) is 0.675. The lowest BCUT2D eigenvalue weighted by Crippen LogP contribution is -2.60. The van der Waals surface area contributed by atoms with Crippen molar-refractivity contribution in [2.75, 3.05) is 19.6 Å². The maximum Gasteiger partial charge on any atom is 0.318 e. The molecule has 1 aliphatic carbocycles. The topological polar surface area (TPSA) is 193 Å². The van der Waals surface area contributed by atoms with E-state index in [1.54, 1.807) is 11.1 Å². The molecular formula is C40H62N8O6. The first kappa shape index (κ1) is 41.2. The maximum atomic E-state index is 14.4. The van der Waals surface area contributed by atoms with E-state index in [1.807, 2.05) is 51.1 Å². The van der Waals surface area contributed by atoms with Crippen LogP contribution < -0.4 is 27.0 Å². The van der Waals surface area contributed by atoms with Crippen LogP contribution in [0, 0.1) is 11.8 Å². The molecule has 3 aliphatic rings. The van der Waals surface area contributed by atoms with Crippen LogP contribution in [0.3, 0.4) is 0 Å². The minimum atomic E-state index is -0.985. The van der Waals surface area contributed by atoms with Gasteiger partial charge in [0, 0.05) is 57.6 Å². The standard InChI is InChI=1S/C40H62N8O6/c1-26(2)18-37(49)43-24-32-22-36(54-27(3)53-32)33(19-28-10-6-4-7-11-28)45-39(51)35(21-31-23-42-25-44-31)46-38(50)34(20-29-12-8-5-9-13-29)47-40(52)48-16-14-30(41)15-17-48/h5,8-9,12-13,23,25-28,30,32-36H,4,6-7,10-11,14-22,24,41H2,1-3H3,(H,42,44)(H,43,49)(H,45,51)(H,46,50)(H,47,52)/t27?,32-,33+,34+,35+,36+/m1/s1. The van der Waals surface area contributed by atoms with E-state index in [9.17, 15) is 19.2 Å². The molecule has 0 radical (unpaired) electrons. The Morgan fingerprint density at radius 3 is 2.31 bits per heavy atom. The molecule has 14 heteroatoms. The highest BCUT2D eigenvalue weighted by Crippen LogP contribution is 2.31. The molecule has 6 atom stereocenters. The number of carbonyl (C=O) groups excluding carboxylic acids is 4. The SMILES string of the molecule is CC(C)CC(=O)NC[C@H]1C[C@@H]([C@H](CC2CCCCC2)NC(=O)[C@H](Cc2c[nH]cn2)NC(=O)[C@H](Cc2ccccc2)NC(=O)N2CCC(N)CC2)OC(C)O1. The summed E-state index contributed by atoms with van der Waals surface area (Å²) in [7, 11) is 0. The van der Waals surface area contributed by atoms with Gasteiger partial charge in [0.2, 0.25) is 17.7 Å². The predicted octanol–water partition coefficient (Wildman–Crippen LogP) is 3.32. The zero-order valence-electron chi connectivity index (χ0n) is 32.3. The molecule has 5 rings (SSSR count). The number of urea groups is 1. The first-order valence-corrected chi connectivity index (χ1v) is 20.0. The average molecular weight is 751 g/mol. The van der Waals surface area contributed by atoms with Crippen LogP contribution in [-0.4, -0.2) is 101 Å². The summed E-state index contributed by atoms with van der Waals surface area (Å²) in [5.74, 6) is -0.171. The summed E-state index contributed by atoms with van der Waals surface area (Å²) in [6.45, 7) is 7.24. The van der Waals surface area contributed by atoms with E-state index in [2.05, 4.69) is 31.2 Å². The highest BCUT2D eigenvalue weighted by atomic mass is 16.7. The summed E-state index contributed by atoms with van der Waals surface area (Å²) in [5.41, 5.74) is 7.56. The molecule has 1 unspecified atom stereocenters. The molecule has 1 aromatic heterocycles. The van der Waals surface area contributed by atoms with Crippen molar-refractivity contribution in [3.05, 3.63) is 54.1 Å². The summed E-state index contributed by atoms with van der Waals surface area (Å²) < 4.78 is 12.4. The molecule has 2 saturated heterocycles. The first-order valence-electron chi connectivity index (χ1n) is 20.0. The van der Waals surface area contributed by atoms with Crippen molar-refractivity contribution in [2.24, 2.45) is 17.6 Å². The minimum Gasteiger partial charge on any atom is -0.353 e. The number of imidazole rings is 1. The van der Waals surface area contributed by atoms with Crippen LogP contribution in [0.5, 0.6) is 0 Å². The number of hydrogen-bond acceptors (Lipinski definition) is 8. The van der Waals surface area contributed by atoms with Crippen molar-refractivity contribution in [2.45, 2.75) is 140 Å². The first-order chi connectivity index (χ1) is 26.0. The predicted molar refractivity (Wildman–Crippen MR) is 205 cm³/mol. The van der Waals surface area contributed by atoms with Gasteiger partial charge in [-0.05, 0) is 43.6 Å². The molecule has 54 heavy (non-hydrogen) atoms. The third-order valence-corrected chi connectivity index (χ3v) is 10.8. The highest BCUT2D eigenvalue weighted by molar-refractivity contribution is 5.92. The third-order valence-electron chi connectivity index (χ3n) is 10.8. The van der Waals surface area contributed by atoms with Crippen LogP contribution in [0.25, 0.3) is 0 Å². The fourth-order valence-electron chi connectivity index (χ4n) is 7.84. The number of benzene rings is 1. The van der Waals surface area contributed by atoms with Gasteiger partial charge in [0.15, 0.2) is 6.29 Å². The lowest BCUT2D eigenvalue weighted by Gasteiger charge is -2.40. The number of carbonyl (C=O) groups is 4. The van der Waals surface area contributed by atoms with Gasteiger partial charge in [-0.3, -0.25) is 14.4 Å². The molecule has 0 bridgehead atoms. The highest BCUT2D eigenvalue weighted by Gasteiger charge is 2.38. The Balaban J connectivity index is 1.33. The lowest BCUT2D eigenvalue weighted by molar-refractivity contribution is -0.239. The number of nitrogens with two attached hydrogens (primary N) is 1. The number of nitrogens with one attached hydrogen (secondary N) is 5. The third kappa shape index (κ3) is 13.1. The number of H-pyrrole nitrogens is 1. The zero-order chi connectivity index (χ0) is 38.5. The number of nitrogens with zero attached hydrogens (tertiary/aromatic N) is 2. The summed E-state index contributed by atoms with van der Waals surface area (Å²) in [6, 6.07) is 6.94. The van der Waals surface area contributed by atoms with Gasteiger partial charge in [-0.25, -0.2) is 9.78 Å². The van der Waals surface area contributed by atoms with Gasteiger partial charge < -0.3 is 46.4 Å². The summed E-state index contributed by atoms with van der Waals surface area (Å²) in [4.78, 5) is 63.5. The number of aromatic nitrogens is 2. The Morgan fingerprint density at radius 1 is 0.926 bits per heavy atom. The molecule has 5 amide bonds. The molecule has 1 saturated carbocycles. The van der Waals surface area contributed by atoms with Crippen molar-refractivity contribution in [3.63, 3.8) is 0 Å². The van der Waals surface area contributed by atoms with Crippen molar-refractivity contribution in [1.82, 2.24) is 36.1 Å². The van der Waals surface area contributed by atoms with Crippen LogP contribution in [0.2, 0.25) is 0 Å². The van der Waals surface area contributed by atoms with Crippen LogP contribution in [0.15, 0.2) is 42.9 Å². The van der Waals surface area contributed by atoms with E-state index in [4.69, 9.17) is 15.2 Å². The van der Waals surface area contributed by atoms with Gasteiger partial charge in [-0.15, -0.1) is 0 Å². The zero-order valence-corrected chi connectivity index (χ0v) is 32.3. The second-order valence-electron chi connectivity index (χ2n) is 15.8. The van der Waals surface area contributed by atoms with Crippen molar-refractivity contribution < 1.29 is 28.7 Å². The molecule has 0 spiro atoms. The van der Waals surface area contributed by atoms with Crippen molar-refractivity contribution >= 4 is 23.8 Å². The van der Waals surface area contributed by atoms with E-state index in [0.29, 0.717) is 56.9 Å². The minimum absolute atomic E-state index is 0.0183. The number of hydrogen-bond donors (Lipinski definition) is 6. The molecule has 3 fully saturated rings. The second-order valence-corrected chi connectivity index (χ2v) is 15.8. The summed E-state index contributed by atoms with van der Waals surface area (Å²) in [6.07, 6.45) is 11.2. The summed E-state index contributed by atoms with van der Waals surface area (Å²) in [5, 5.41) is 12.3. The molecule has 3 heterocycles. The monoisotopic (exact) mass is 750 g/mol. The number of amides is 5. The van der Waals surface area contributed by atoms with Crippen LogP contribution >= 0.6 is 0 Å². The average Bonchev–Trinajstić information content (AvgIpc) is 3.67. The van der Waals surface area contributed by atoms with Crippen LogP contribution in [0.1, 0.15) is 96.2 Å². The van der Waals surface area contributed by atoms with Gasteiger partial charge in [0.25, 0.3) is 0 Å². The smallest absolute Gasteiger partial charge is 0.318 e. The van der Waals surface area contributed by atoms with Crippen LogP contribution in [-0.2, 0) is 36.7 Å². The Labute approximate surface area is 319 Å². The number of ether oxygens (including phenoxy) is 2. The molecule has 298 valence electrons. The quantitative estimate of drug-likeness (QED) is 0.151. The van der Waals surface area contributed by atoms with Gasteiger partial charge in [-0.2, -0.15) is 0 Å². The van der Waals surface area contributed by atoms with Crippen molar-refractivity contribution in [1.29, 1.82) is 0 Å². The largest absolute Gasteiger partial charge is 0.353 e. The number of aromatic amines is 1. The van der Waals surface area contributed by atoms with E-state index >= 15 is 0 Å². The van der Waals surface area contributed by atoms with Gasteiger partial charge >= 0.3 is 6.03 Å². The van der Waals surface area contributed by atoms with E-state index in [0.717, 1.165) is 37.7 Å². The van der Waals surface area contributed by atoms with E-state index in [1.165, 1.54) is 12.7 Å². The molecule has 2 aliphatic heterocycles. The molecular weight excluding hydrogens is 688 g/mol.